The van der Waals surface area contributed by atoms with Gasteiger partial charge < -0.3 is 9.88 Å². The van der Waals surface area contributed by atoms with E-state index in [1.54, 1.807) is 11.9 Å². The number of hydrogen-bond acceptors (Lipinski definition) is 2. The van der Waals surface area contributed by atoms with Gasteiger partial charge in [-0.15, -0.1) is 0 Å². The lowest BCUT2D eigenvalue weighted by molar-refractivity contribution is 0.0984. The Morgan fingerprint density at radius 1 is 0.793 bits per heavy atom. The van der Waals surface area contributed by atoms with Crippen molar-refractivity contribution in [2.75, 3.05) is 11.9 Å². The Morgan fingerprint density at radius 2 is 1.34 bits per heavy atom. The molecule has 3 aromatic carbocycles. The summed E-state index contributed by atoms with van der Waals surface area (Å²) in [5, 5.41) is 0. The number of hydrogen-bond donors (Lipinski definition) is 1. The van der Waals surface area contributed by atoms with Crippen LogP contribution in [0, 0.1) is 13.8 Å². The van der Waals surface area contributed by atoms with Crippen LogP contribution in [-0.4, -0.2) is 22.9 Å². The average Bonchev–Trinajstić information content (AvgIpc) is 3.20. The van der Waals surface area contributed by atoms with Gasteiger partial charge in [0.05, 0.1) is 11.4 Å². The van der Waals surface area contributed by atoms with Gasteiger partial charge in [0.25, 0.3) is 5.91 Å². The number of carbonyl (C=O) groups excluding carboxylic acids is 1. The van der Waals surface area contributed by atoms with Crippen LogP contribution in [0.4, 0.5) is 5.69 Å². The molecule has 0 aliphatic carbocycles. The number of nitrogens with zero attached hydrogens (tertiary/aromatic N) is 2. The number of aryl methyl sites for hydroxylation is 2. The average molecular weight is 381 g/mol. The van der Waals surface area contributed by atoms with Crippen LogP contribution in [0.25, 0.3) is 22.5 Å². The van der Waals surface area contributed by atoms with Crippen molar-refractivity contribution in [3.05, 3.63) is 95.8 Å². The molecule has 0 saturated heterocycles. The highest BCUT2D eigenvalue weighted by atomic mass is 16.2. The minimum Gasteiger partial charge on any atom is -0.333 e. The third-order valence-corrected chi connectivity index (χ3v) is 5.02. The number of aromatic nitrogens is 2. The number of nitrogens with one attached hydrogen (secondary N) is 1. The molecule has 0 spiro atoms. The predicted molar refractivity (Wildman–Crippen MR) is 118 cm³/mol. The van der Waals surface area contributed by atoms with Gasteiger partial charge in [-0.1, -0.05) is 77.9 Å². The topological polar surface area (TPSA) is 49.0 Å². The number of anilines is 1. The maximum Gasteiger partial charge on any atom is 0.293 e. The van der Waals surface area contributed by atoms with Crippen molar-refractivity contribution < 1.29 is 4.79 Å². The molecule has 0 unspecified atom stereocenters. The van der Waals surface area contributed by atoms with E-state index in [1.165, 1.54) is 11.1 Å². The molecule has 1 amide bonds. The molecule has 0 aliphatic rings. The summed E-state index contributed by atoms with van der Waals surface area (Å²) in [5.41, 5.74) is 6.79. The molecule has 144 valence electrons. The fourth-order valence-electron chi connectivity index (χ4n) is 3.25. The zero-order chi connectivity index (χ0) is 20.4. The molecular formula is C25H23N3O. The number of aromatic amines is 1. The lowest BCUT2D eigenvalue weighted by Crippen LogP contribution is -2.27. The Bertz CT molecular complexity index is 1060. The van der Waals surface area contributed by atoms with Gasteiger partial charge in [-0.25, -0.2) is 4.98 Å². The monoisotopic (exact) mass is 381 g/mol. The number of para-hydroxylation sites is 1. The van der Waals surface area contributed by atoms with Crippen molar-refractivity contribution in [3.63, 3.8) is 0 Å². The second-order valence-electron chi connectivity index (χ2n) is 7.24. The van der Waals surface area contributed by atoms with Crippen molar-refractivity contribution in [2.24, 2.45) is 0 Å². The number of benzene rings is 3. The van der Waals surface area contributed by atoms with E-state index < -0.39 is 0 Å². The molecule has 0 aliphatic heterocycles. The van der Waals surface area contributed by atoms with Crippen molar-refractivity contribution in [1.29, 1.82) is 0 Å². The molecule has 0 atom stereocenters. The van der Waals surface area contributed by atoms with E-state index in [2.05, 4.69) is 55.2 Å². The molecule has 1 N–H and O–H groups in total. The number of amides is 1. The molecule has 4 rings (SSSR count). The number of rotatable bonds is 4. The van der Waals surface area contributed by atoms with Crippen molar-refractivity contribution in [3.8, 4) is 22.5 Å². The molecule has 29 heavy (non-hydrogen) atoms. The van der Waals surface area contributed by atoms with Gasteiger partial charge in [0.2, 0.25) is 0 Å². The van der Waals surface area contributed by atoms with E-state index >= 15 is 0 Å². The molecule has 0 bridgehead atoms. The second kappa shape index (κ2) is 7.76. The van der Waals surface area contributed by atoms with E-state index in [-0.39, 0.29) is 5.91 Å². The summed E-state index contributed by atoms with van der Waals surface area (Å²) < 4.78 is 0. The van der Waals surface area contributed by atoms with Crippen LogP contribution in [0.15, 0.2) is 78.9 Å². The van der Waals surface area contributed by atoms with Gasteiger partial charge in [-0.3, -0.25) is 4.79 Å². The van der Waals surface area contributed by atoms with Crippen LogP contribution >= 0.6 is 0 Å². The SMILES string of the molecule is Cc1ccc(-c2nc(C(=O)N(C)c3ccccc3)[nH]c2-c2ccc(C)cc2)cc1. The second-order valence-corrected chi connectivity index (χ2v) is 7.24. The minimum absolute atomic E-state index is 0.178. The molecule has 1 heterocycles. The fraction of sp³-hybridized carbons (Fsp3) is 0.120. The van der Waals surface area contributed by atoms with Crippen molar-refractivity contribution in [2.45, 2.75) is 13.8 Å². The number of imidazole rings is 1. The predicted octanol–water partition coefficient (Wildman–Crippen LogP) is 5.64. The molecule has 4 aromatic rings. The van der Waals surface area contributed by atoms with Gasteiger partial charge in [-0.2, -0.15) is 0 Å². The Kier molecular flexibility index (Phi) is 5.00. The maximum atomic E-state index is 13.1. The van der Waals surface area contributed by atoms with E-state index in [9.17, 15) is 4.79 Å². The lowest BCUT2D eigenvalue weighted by Gasteiger charge is -2.15. The quantitative estimate of drug-likeness (QED) is 0.497. The van der Waals surface area contributed by atoms with E-state index in [0.29, 0.717) is 5.82 Å². The molecule has 4 heteroatoms. The standard InChI is InChI=1S/C25H23N3O/c1-17-9-13-19(14-10-17)22-23(20-15-11-18(2)12-16-20)27-24(26-22)25(29)28(3)21-7-5-4-6-8-21/h4-16H,1-3H3,(H,26,27). The summed E-state index contributed by atoms with van der Waals surface area (Å²) in [6.07, 6.45) is 0. The Hall–Kier alpha value is -3.66. The largest absolute Gasteiger partial charge is 0.333 e. The third-order valence-electron chi connectivity index (χ3n) is 5.02. The maximum absolute atomic E-state index is 13.1. The van der Waals surface area contributed by atoms with Gasteiger partial charge in [0.1, 0.15) is 0 Å². The highest BCUT2D eigenvalue weighted by molar-refractivity contribution is 6.04. The van der Waals surface area contributed by atoms with Crippen molar-refractivity contribution >= 4 is 11.6 Å². The highest BCUT2D eigenvalue weighted by Gasteiger charge is 2.21. The summed E-state index contributed by atoms with van der Waals surface area (Å²) in [4.78, 5) is 22.7. The first-order valence-corrected chi connectivity index (χ1v) is 9.60. The summed E-state index contributed by atoms with van der Waals surface area (Å²) in [6, 6.07) is 26.0. The first kappa shape index (κ1) is 18.7. The summed E-state index contributed by atoms with van der Waals surface area (Å²) in [7, 11) is 1.76. The van der Waals surface area contributed by atoms with E-state index in [0.717, 1.165) is 28.2 Å². The lowest BCUT2D eigenvalue weighted by atomic mass is 10.0. The van der Waals surface area contributed by atoms with Crippen LogP contribution in [0.1, 0.15) is 21.7 Å². The van der Waals surface area contributed by atoms with Crippen LogP contribution in [0.2, 0.25) is 0 Å². The summed E-state index contributed by atoms with van der Waals surface area (Å²) >= 11 is 0. The first-order valence-electron chi connectivity index (χ1n) is 9.60. The van der Waals surface area contributed by atoms with Crippen LogP contribution in [0.3, 0.4) is 0 Å². The summed E-state index contributed by atoms with van der Waals surface area (Å²) in [5.74, 6) is 0.144. The van der Waals surface area contributed by atoms with Crippen LogP contribution in [0.5, 0.6) is 0 Å². The minimum atomic E-state index is -0.178. The third kappa shape index (κ3) is 3.83. The fourth-order valence-corrected chi connectivity index (χ4v) is 3.25. The number of carbonyl (C=O) groups is 1. The van der Waals surface area contributed by atoms with Gasteiger partial charge >= 0.3 is 0 Å². The first-order chi connectivity index (χ1) is 14.0. The molecule has 0 saturated carbocycles. The Labute approximate surface area is 170 Å². The van der Waals surface area contributed by atoms with Crippen LogP contribution in [-0.2, 0) is 0 Å². The molecule has 1 aromatic heterocycles. The van der Waals surface area contributed by atoms with Gasteiger partial charge in [0, 0.05) is 23.9 Å². The smallest absolute Gasteiger partial charge is 0.293 e. The van der Waals surface area contributed by atoms with Gasteiger partial charge in [0.15, 0.2) is 5.82 Å². The van der Waals surface area contributed by atoms with Gasteiger partial charge in [-0.05, 0) is 26.0 Å². The van der Waals surface area contributed by atoms with E-state index in [1.807, 2.05) is 42.5 Å². The number of H-pyrrole nitrogens is 1. The van der Waals surface area contributed by atoms with E-state index in [4.69, 9.17) is 4.98 Å². The molecule has 0 fully saturated rings. The zero-order valence-corrected chi connectivity index (χ0v) is 16.8. The van der Waals surface area contributed by atoms with Crippen LogP contribution < -0.4 is 4.90 Å². The summed E-state index contributed by atoms with van der Waals surface area (Å²) in [6.45, 7) is 4.11. The molecule has 4 nitrogen and oxygen atoms in total. The normalized spacial score (nSPS) is 10.7. The Morgan fingerprint density at radius 3 is 1.93 bits per heavy atom. The Balaban J connectivity index is 1.79. The zero-order valence-electron chi connectivity index (χ0n) is 16.8. The molecular weight excluding hydrogens is 358 g/mol. The molecule has 0 radical (unpaired) electrons. The van der Waals surface area contributed by atoms with Crippen molar-refractivity contribution in [1.82, 2.24) is 9.97 Å². The highest BCUT2D eigenvalue weighted by Crippen LogP contribution is 2.31.